The first-order valence-electron chi connectivity index (χ1n) is 38.5. The highest BCUT2D eigenvalue weighted by atomic mass is 31.2. The Bertz CT molecular complexity index is 1800. The number of rotatable bonds is 73. The van der Waals surface area contributed by atoms with E-state index in [9.17, 15) is 43.2 Å². The summed E-state index contributed by atoms with van der Waals surface area (Å²) in [6.45, 7) is 9.50. The van der Waals surface area contributed by atoms with Crippen LogP contribution in [0.3, 0.4) is 0 Å². The minimum absolute atomic E-state index is 0.104. The molecule has 0 heterocycles. The molecule has 19 heteroatoms. The first-order chi connectivity index (χ1) is 44.9. The van der Waals surface area contributed by atoms with E-state index in [0.29, 0.717) is 25.7 Å². The van der Waals surface area contributed by atoms with Crippen LogP contribution in [0.5, 0.6) is 0 Å². The first-order valence-corrected chi connectivity index (χ1v) is 41.5. The minimum atomic E-state index is -4.95. The smallest absolute Gasteiger partial charge is 0.462 e. The molecule has 552 valence electrons. The molecule has 0 bridgehead atoms. The molecule has 0 rings (SSSR count). The molecule has 2 unspecified atom stereocenters. The molecule has 0 amide bonds. The number of phosphoric ester groups is 2. The molecule has 5 atom stereocenters. The normalized spacial score (nSPS) is 14.1. The fourth-order valence-corrected chi connectivity index (χ4v) is 12.9. The molecule has 0 aromatic rings. The highest BCUT2D eigenvalue weighted by Crippen LogP contribution is 2.45. The third-order valence-electron chi connectivity index (χ3n) is 17.2. The third kappa shape index (κ3) is 68.4. The Morgan fingerprint density at radius 2 is 0.495 bits per heavy atom. The van der Waals surface area contributed by atoms with Crippen LogP contribution in [0.15, 0.2) is 0 Å². The number of hydrogen-bond acceptors (Lipinski definition) is 15. The van der Waals surface area contributed by atoms with Crippen LogP contribution in [-0.4, -0.2) is 96.7 Å². The molecule has 0 aromatic heterocycles. The number of carbonyl (C=O) groups excluding carboxylic acids is 4. The highest BCUT2D eigenvalue weighted by Gasteiger charge is 2.30. The molecule has 0 aliphatic heterocycles. The molecule has 0 radical (unpaired) electrons. The Hall–Kier alpha value is -1.94. The summed E-state index contributed by atoms with van der Waals surface area (Å²) in [5.74, 6) is -0.647. The molecule has 0 aliphatic rings. The van der Waals surface area contributed by atoms with E-state index in [1.54, 1.807) is 0 Å². The Kier molecular flexibility index (Phi) is 64.6. The topological polar surface area (TPSA) is 237 Å². The molecular weight excluding hydrogens is 1220 g/mol. The number of carbonyl (C=O) groups is 4. The fourth-order valence-electron chi connectivity index (χ4n) is 11.3. The van der Waals surface area contributed by atoms with Crippen LogP contribution in [0.2, 0.25) is 0 Å². The summed E-state index contributed by atoms with van der Waals surface area (Å²) in [7, 11) is -9.90. The summed E-state index contributed by atoms with van der Waals surface area (Å²) in [6.07, 6.45) is 53.0. The van der Waals surface area contributed by atoms with Crippen LogP contribution in [-0.2, 0) is 65.4 Å². The van der Waals surface area contributed by atoms with Crippen molar-refractivity contribution in [3.63, 3.8) is 0 Å². The lowest BCUT2D eigenvalue weighted by Gasteiger charge is -2.21. The number of ether oxygens (including phenoxy) is 4. The molecule has 93 heavy (non-hydrogen) atoms. The summed E-state index contributed by atoms with van der Waals surface area (Å²) in [5, 5.41) is 10.6. The zero-order valence-electron chi connectivity index (χ0n) is 60.6. The summed E-state index contributed by atoms with van der Waals surface area (Å²) in [5.41, 5.74) is 0. The van der Waals surface area contributed by atoms with Crippen LogP contribution in [0.4, 0.5) is 0 Å². The third-order valence-corrected chi connectivity index (χ3v) is 19.1. The van der Waals surface area contributed by atoms with Gasteiger partial charge in [0.1, 0.15) is 19.3 Å². The average molecular weight is 1370 g/mol. The maximum atomic E-state index is 13.1. The van der Waals surface area contributed by atoms with Gasteiger partial charge in [0.25, 0.3) is 0 Å². The molecule has 0 aliphatic carbocycles. The molecule has 0 saturated carbocycles. The minimum Gasteiger partial charge on any atom is -0.462 e. The van der Waals surface area contributed by atoms with E-state index in [1.165, 1.54) is 193 Å². The molecule has 0 fully saturated rings. The Morgan fingerprint density at radius 3 is 0.731 bits per heavy atom. The van der Waals surface area contributed by atoms with Crippen molar-refractivity contribution in [1.29, 1.82) is 0 Å². The van der Waals surface area contributed by atoms with Gasteiger partial charge in [0.15, 0.2) is 12.2 Å². The summed E-state index contributed by atoms with van der Waals surface area (Å²) in [4.78, 5) is 72.6. The molecule has 3 N–H and O–H groups in total. The van der Waals surface area contributed by atoms with Gasteiger partial charge in [-0.25, -0.2) is 9.13 Å². The van der Waals surface area contributed by atoms with Crippen molar-refractivity contribution in [2.24, 2.45) is 11.8 Å². The van der Waals surface area contributed by atoms with Crippen LogP contribution >= 0.6 is 15.6 Å². The molecule has 17 nitrogen and oxygen atoms in total. The van der Waals surface area contributed by atoms with E-state index in [-0.39, 0.29) is 25.7 Å². The Morgan fingerprint density at radius 1 is 0.290 bits per heavy atom. The largest absolute Gasteiger partial charge is 0.472 e. The molecule has 0 aromatic carbocycles. The Balaban J connectivity index is 5.17. The Labute approximate surface area is 568 Å². The second kappa shape index (κ2) is 66.0. The van der Waals surface area contributed by atoms with Gasteiger partial charge in [-0.3, -0.25) is 37.3 Å². The molecule has 0 spiro atoms. The average Bonchev–Trinajstić information content (AvgIpc) is 2.08. The highest BCUT2D eigenvalue weighted by molar-refractivity contribution is 7.47. The number of unbranched alkanes of at least 4 members (excludes halogenated alkanes) is 43. The van der Waals surface area contributed by atoms with E-state index in [4.69, 9.17) is 37.0 Å². The fraction of sp³-hybridized carbons (Fsp3) is 0.946. The van der Waals surface area contributed by atoms with Crippen LogP contribution < -0.4 is 0 Å². The SMILES string of the molecule is CCCCCCCCCCCCCCCCCCCCCCCC(=O)O[C@H](COC(=O)CCCCCCCCCCCCC(C)C)COP(=O)(O)OC[C@@H](O)COP(=O)(O)OC[C@@H](COC(=O)CCCCCCCCCC)OC(=O)CCCCCCCCCCC(C)C. The van der Waals surface area contributed by atoms with Gasteiger partial charge >= 0.3 is 39.5 Å². The summed E-state index contributed by atoms with van der Waals surface area (Å²) in [6, 6.07) is 0. The van der Waals surface area contributed by atoms with Crippen molar-refractivity contribution < 1.29 is 80.2 Å². The van der Waals surface area contributed by atoms with Gasteiger partial charge in [-0.1, -0.05) is 330 Å². The lowest BCUT2D eigenvalue weighted by molar-refractivity contribution is -0.161. The van der Waals surface area contributed by atoms with Gasteiger partial charge in [-0.15, -0.1) is 0 Å². The van der Waals surface area contributed by atoms with E-state index in [0.717, 1.165) is 108 Å². The standard InChI is InChI=1S/C74H144O17P2/c1-7-9-11-13-15-17-18-19-20-21-22-23-24-25-26-27-28-33-40-46-52-58-73(78)90-70(63-85-72(77)57-51-45-39-32-30-29-31-36-42-48-54-66(3)4)65-89-93(82,83)87-61-68(75)60-86-92(80,81)88-64-69(62-84-71(76)56-50-44-38-16-14-12-10-8-2)91-74(79)59-53-47-41-35-34-37-43-49-55-67(5)6/h66-70,75H,7-65H2,1-6H3,(H,80,81)(H,82,83)/t68-,69+,70+/m0/s1. The molecule has 0 saturated heterocycles. The van der Waals surface area contributed by atoms with E-state index in [2.05, 4.69) is 41.5 Å². The second-order valence-corrected chi connectivity index (χ2v) is 30.5. The lowest BCUT2D eigenvalue weighted by atomic mass is 10.0. The molecular formula is C74H144O17P2. The van der Waals surface area contributed by atoms with Gasteiger partial charge in [0.05, 0.1) is 26.4 Å². The number of aliphatic hydroxyl groups is 1. The number of hydrogen-bond donors (Lipinski definition) is 3. The van der Waals surface area contributed by atoms with Crippen molar-refractivity contribution in [1.82, 2.24) is 0 Å². The van der Waals surface area contributed by atoms with Crippen LogP contribution in [0.25, 0.3) is 0 Å². The van der Waals surface area contributed by atoms with Gasteiger partial charge in [-0.05, 0) is 37.5 Å². The van der Waals surface area contributed by atoms with Crippen molar-refractivity contribution in [3.8, 4) is 0 Å². The monoisotopic (exact) mass is 1370 g/mol. The predicted octanol–water partition coefficient (Wildman–Crippen LogP) is 21.6. The number of aliphatic hydroxyl groups excluding tert-OH is 1. The zero-order valence-corrected chi connectivity index (χ0v) is 62.3. The first kappa shape index (κ1) is 91.1. The summed E-state index contributed by atoms with van der Waals surface area (Å²) < 4.78 is 68.3. The number of phosphoric acid groups is 2. The van der Waals surface area contributed by atoms with Crippen molar-refractivity contribution >= 4 is 39.5 Å². The van der Waals surface area contributed by atoms with Gasteiger partial charge in [-0.2, -0.15) is 0 Å². The van der Waals surface area contributed by atoms with Crippen LogP contribution in [0.1, 0.15) is 382 Å². The lowest BCUT2D eigenvalue weighted by Crippen LogP contribution is -2.30. The quantitative estimate of drug-likeness (QED) is 0.0222. The second-order valence-electron chi connectivity index (χ2n) is 27.6. The van der Waals surface area contributed by atoms with Crippen molar-refractivity contribution in [2.45, 2.75) is 400 Å². The maximum Gasteiger partial charge on any atom is 0.472 e. The number of esters is 4. The van der Waals surface area contributed by atoms with Crippen molar-refractivity contribution in [3.05, 3.63) is 0 Å². The van der Waals surface area contributed by atoms with Gasteiger partial charge in [0.2, 0.25) is 0 Å². The van der Waals surface area contributed by atoms with E-state index < -0.39 is 97.5 Å². The van der Waals surface area contributed by atoms with E-state index in [1.807, 2.05) is 0 Å². The van der Waals surface area contributed by atoms with Gasteiger partial charge in [0, 0.05) is 25.7 Å². The van der Waals surface area contributed by atoms with Gasteiger partial charge < -0.3 is 33.8 Å². The van der Waals surface area contributed by atoms with Crippen LogP contribution in [0, 0.1) is 11.8 Å². The maximum absolute atomic E-state index is 13.1. The van der Waals surface area contributed by atoms with E-state index >= 15 is 0 Å². The van der Waals surface area contributed by atoms with Crippen molar-refractivity contribution in [2.75, 3.05) is 39.6 Å². The summed E-state index contributed by atoms with van der Waals surface area (Å²) >= 11 is 0. The zero-order chi connectivity index (χ0) is 68.6. The predicted molar refractivity (Wildman–Crippen MR) is 377 cm³/mol.